The first-order valence-electron chi connectivity index (χ1n) is 7.33. The minimum absolute atomic E-state index is 0.728. The highest BCUT2D eigenvalue weighted by atomic mass is 15.2. The fraction of sp³-hybridized carbons (Fsp3) is 1.00. The Labute approximate surface area is 108 Å². The zero-order chi connectivity index (χ0) is 12.5. The molecule has 1 aliphatic heterocycles. The predicted molar refractivity (Wildman–Crippen MR) is 75.5 cm³/mol. The average molecular weight is 241 g/mol. The van der Waals surface area contributed by atoms with Crippen LogP contribution in [-0.2, 0) is 0 Å². The van der Waals surface area contributed by atoms with Crippen molar-refractivity contribution in [3.05, 3.63) is 0 Å². The van der Waals surface area contributed by atoms with Crippen molar-refractivity contribution in [2.45, 2.75) is 45.1 Å². The summed E-state index contributed by atoms with van der Waals surface area (Å²) in [7, 11) is 4.32. The lowest BCUT2D eigenvalue weighted by molar-refractivity contribution is 0.216. The van der Waals surface area contributed by atoms with E-state index in [1.165, 1.54) is 64.8 Å². The van der Waals surface area contributed by atoms with Crippen LogP contribution in [-0.4, -0.2) is 62.7 Å². The summed E-state index contributed by atoms with van der Waals surface area (Å²) in [5.41, 5.74) is 0. The number of hydrogen-bond donors (Lipinski definition) is 1. The molecule has 0 saturated carbocycles. The predicted octanol–water partition coefficient (Wildman–Crippen LogP) is 1.79. The van der Waals surface area contributed by atoms with Crippen molar-refractivity contribution in [1.82, 2.24) is 15.1 Å². The van der Waals surface area contributed by atoms with Crippen LogP contribution in [0.2, 0.25) is 0 Å². The van der Waals surface area contributed by atoms with Gasteiger partial charge in [-0.05, 0) is 46.4 Å². The van der Waals surface area contributed by atoms with Crippen LogP contribution in [0.5, 0.6) is 0 Å². The molecular formula is C14H31N3. The third-order valence-electron chi connectivity index (χ3n) is 3.54. The summed E-state index contributed by atoms with van der Waals surface area (Å²) in [5.74, 6) is 0. The SMILES string of the molecule is CCCN(CCN(C)C)CC1CCCCCN1. The van der Waals surface area contributed by atoms with Gasteiger partial charge in [-0.1, -0.05) is 19.8 Å². The summed E-state index contributed by atoms with van der Waals surface area (Å²) < 4.78 is 0. The van der Waals surface area contributed by atoms with Gasteiger partial charge in [-0.15, -0.1) is 0 Å². The molecule has 1 N–H and O–H groups in total. The molecule has 0 aliphatic carbocycles. The van der Waals surface area contributed by atoms with Crippen LogP contribution in [0.15, 0.2) is 0 Å². The summed E-state index contributed by atoms with van der Waals surface area (Å²) in [6, 6.07) is 0.728. The number of nitrogens with zero attached hydrogens (tertiary/aromatic N) is 2. The molecule has 1 fully saturated rings. The Morgan fingerprint density at radius 3 is 2.59 bits per heavy atom. The van der Waals surface area contributed by atoms with Crippen LogP contribution in [0.4, 0.5) is 0 Å². The van der Waals surface area contributed by atoms with Crippen LogP contribution in [0.3, 0.4) is 0 Å². The molecule has 17 heavy (non-hydrogen) atoms. The third kappa shape index (κ3) is 7.02. The Bertz CT molecular complexity index is 174. The Balaban J connectivity index is 2.30. The van der Waals surface area contributed by atoms with Crippen LogP contribution >= 0.6 is 0 Å². The first-order valence-corrected chi connectivity index (χ1v) is 7.33. The second kappa shape index (κ2) is 8.90. The molecule has 0 aromatic heterocycles. The van der Waals surface area contributed by atoms with E-state index >= 15 is 0 Å². The quantitative estimate of drug-likeness (QED) is 0.733. The number of rotatable bonds is 7. The molecule has 1 atom stereocenters. The highest BCUT2D eigenvalue weighted by Crippen LogP contribution is 2.09. The van der Waals surface area contributed by atoms with Crippen LogP contribution in [0, 0.1) is 0 Å². The molecule has 0 aromatic carbocycles. The van der Waals surface area contributed by atoms with E-state index in [4.69, 9.17) is 0 Å². The van der Waals surface area contributed by atoms with Gasteiger partial charge in [0.2, 0.25) is 0 Å². The fourth-order valence-electron chi connectivity index (χ4n) is 2.52. The van der Waals surface area contributed by atoms with Crippen molar-refractivity contribution in [3.8, 4) is 0 Å². The minimum Gasteiger partial charge on any atom is -0.313 e. The molecular weight excluding hydrogens is 210 g/mol. The monoisotopic (exact) mass is 241 g/mol. The van der Waals surface area contributed by atoms with Gasteiger partial charge in [-0.25, -0.2) is 0 Å². The molecule has 1 aliphatic rings. The van der Waals surface area contributed by atoms with E-state index in [0.717, 1.165) is 6.04 Å². The maximum absolute atomic E-state index is 3.70. The lowest BCUT2D eigenvalue weighted by atomic mass is 10.1. The summed E-state index contributed by atoms with van der Waals surface area (Å²) in [4.78, 5) is 4.91. The zero-order valence-electron chi connectivity index (χ0n) is 12.0. The van der Waals surface area contributed by atoms with Crippen LogP contribution < -0.4 is 5.32 Å². The summed E-state index contributed by atoms with van der Waals surface area (Å²) in [6.07, 6.45) is 6.81. The molecule has 3 heteroatoms. The van der Waals surface area contributed by atoms with Crippen molar-refractivity contribution in [2.75, 3.05) is 46.8 Å². The Morgan fingerprint density at radius 1 is 1.06 bits per heavy atom. The normalized spacial score (nSPS) is 22.1. The topological polar surface area (TPSA) is 18.5 Å². The van der Waals surface area contributed by atoms with Gasteiger partial charge >= 0.3 is 0 Å². The Hall–Kier alpha value is -0.120. The molecule has 0 aromatic rings. The van der Waals surface area contributed by atoms with Gasteiger partial charge < -0.3 is 15.1 Å². The van der Waals surface area contributed by atoms with Crippen molar-refractivity contribution in [1.29, 1.82) is 0 Å². The van der Waals surface area contributed by atoms with Crippen molar-refractivity contribution >= 4 is 0 Å². The summed E-state index contributed by atoms with van der Waals surface area (Å²) in [6.45, 7) is 8.36. The van der Waals surface area contributed by atoms with Crippen LogP contribution in [0.1, 0.15) is 39.0 Å². The van der Waals surface area contributed by atoms with E-state index in [9.17, 15) is 0 Å². The number of nitrogens with one attached hydrogen (secondary N) is 1. The highest BCUT2D eigenvalue weighted by molar-refractivity contribution is 4.75. The molecule has 1 saturated heterocycles. The molecule has 3 nitrogen and oxygen atoms in total. The largest absolute Gasteiger partial charge is 0.313 e. The van der Waals surface area contributed by atoms with Gasteiger partial charge in [-0.3, -0.25) is 0 Å². The molecule has 0 radical (unpaired) electrons. The molecule has 1 unspecified atom stereocenters. The summed E-state index contributed by atoms with van der Waals surface area (Å²) >= 11 is 0. The average Bonchev–Trinajstić information content (AvgIpc) is 2.55. The molecule has 1 rings (SSSR count). The van der Waals surface area contributed by atoms with Crippen molar-refractivity contribution in [2.24, 2.45) is 0 Å². The molecule has 102 valence electrons. The Kier molecular flexibility index (Phi) is 7.82. The lowest BCUT2D eigenvalue weighted by Gasteiger charge is -2.28. The van der Waals surface area contributed by atoms with Gasteiger partial charge in [0.05, 0.1) is 0 Å². The molecule has 1 heterocycles. The van der Waals surface area contributed by atoms with Gasteiger partial charge in [0.25, 0.3) is 0 Å². The second-order valence-corrected chi connectivity index (χ2v) is 5.60. The van der Waals surface area contributed by atoms with E-state index < -0.39 is 0 Å². The van der Waals surface area contributed by atoms with Crippen LogP contribution in [0.25, 0.3) is 0 Å². The maximum Gasteiger partial charge on any atom is 0.0195 e. The standard InChI is InChI=1S/C14H31N3/c1-4-10-17(12-11-16(2)3)13-14-8-6-5-7-9-15-14/h14-15H,4-13H2,1-3H3. The zero-order valence-corrected chi connectivity index (χ0v) is 12.0. The van der Waals surface area contributed by atoms with E-state index in [-0.39, 0.29) is 0 Å². The first kappa shape index (κ1) is 14.9. The van der Waals surface area contributed by atoms with Gasteiger partial charge in [0.15, 0.2) is 0 Å². The smallest absolute Gasteiger partial charge is 0.0195 e. The number of hydrogen-bond acceptors (Lipinski definition) is 3. The minimum atomic E-state index is 0.728. The van der Waals surface area contributed by atoms with Crippen molar-refractivity contribution < 1.29 is 0 Å². The van der Waals surface area contributed by atoms with Gasteiger partial charge in [0.1, 0.15) is 0 Å². The van der Waals surface area contributed by atoms with E-state index in [1.807, 2.05) is 0 Å². The van der Waals surface area contributed by atoms with E-state index in [0.29, 0.717) is 0 Å². The second-order valence-electron chi connectivity index (χ2n) is 5.60. The molecule has 0 amide bonds. The third-order valence-corrected chi connectivity index (χ3v) is 3.54. The molecule has 0 bridgehead atoms. The highest BCUT2D eigenvalue weighted by Gasteiger charge is 2.15. The fourth-order valence-corrected chi connectivity index (χ4v) is 2.52. The van der Waals surface area contributed by atoms with Gasteiger partial charge in [0, 0.05) is 25.7 Å². The van der Waals surface area contributed by atoms with E-state index in [2.05, 4.69) is 36.1 Å². The van der Waals surface area contributed by atoms with E-state index in [1.54, 1.807) is 0 Å². The number of likely N-dealkylation sites (N-methyl/N-ethyl adjacent to an activating group) is 1. The summed E-state index contributed by atoms with van der Waals surface area (Å²) in [5, 5.41) is 3.70. The maximum atomic E-state index is 3.70. The first-order chi connectivity index (χ1) is 8.22. The Morgan fingerprint density at radius 2 is 1.88 bits per heavy atom. The molecule has 0 spiro atoms. The van der Waals surface area contributed by atoms with Gasteiger partial charge in [-0.2, -0.15) is 0 Å². The lowest BCUT2D eigenvalue weighted by Crippen LogP contribution is -2.43. The van der Waals surface area contributed by atoms with Crippen molar-refractivity contribution in [3.63, 3.8) is 0 Å².